The minimum atomic E-state index is -0.646. The molecule has 0 saturated carbocycles. The minimum Gasteiger partial charge on any atom is -0.455 e. The molecule has 0 aliphatic heterocycles. The molecule has 3 heteroatoms. The lowest BCUT2D eigenvalue weighted by molar-refractivity contribution is 0.660. The van der Waals surface area contributed by atoms with Crippen molar-refractivity contribution in [3.05, 3.63) is 264 Å². The number of anilines is 3. The van der Waals surface area contributed by atoms with E-state index in [1.54, 1.807) is 0 Å². The van der Waals surface area contributed by atoms with Gasteiger partial charge in [-0.25, -0.2) is 0 Å². The summed E-state index contributed by atoms with van der Waals surface area (Å²) in [6.07, 6.45) is 0. The fraction of sp³-hybridized carbons (Fsp3) is 0.0625. The van der Waals surface area contributed by atoms with Gasteiger partial charge in [-0.3, -0.25) is 0 Å². The fourth-order valence-corrected chi connectivity index (χ4v) is 12.2. The summed E-state index contributed by atoms with van der Waals surface area (Å²) in [7, 11) is 0. The van der Waals surface area contributed by atoms with Crippen molar-refractivity contribution in [3.8, 4) is 27.9 Å². The summed E-state index contributed by atoms with van der Waals surface area (Å²) in [5.41, 5.74) is 20.1. The van der Waals surface area contributed by atoms with Crippen LogP contribution in [0.5, 0.6) is 0 Å². The average Bonchev–Trinajstić information content (AvgIpc) is 4.09. The maximum atomic E-state index is 7.29. The van der Waals surface area contributed by atoms with Crippen molar-refractivity contribution in [3.63, 3.8) is 0 Å². The minimum absolute atomic E-state index is 0.204. The number of para-hydroxylation sites is 3. The first-order valence-electron chi connectivity index (χ1n) is 23.3. The largest absolute Gasteiger partial charge is 0.455 e. The maximum absolute atomic E-state index is 7.29. The van der Waals surface area contributed by atoms with Gasteiger partial charge in [0.25, 0.3) is 0 Å². The van der Waals surface area contributed by atoms with Gasteiger partial charge in [0.05, 0.1) is 27.5 Å². The summed E-state index contributed by atoms with van der Waals surface area (Å²) in [4.78, 5) is 2.53. The quantitative estimate of drug-likeness (QED) is 0.166. The van der Waals surface area contributed by atoms with Crippen LogP contribution in [0.4, 0.5) is 17.1 Å². The van der Waals surface area contributed by atoms with Crippen LogP contribution in [0.2, 0.25) is 0 Å². The summed E-state index contributed by atoms with van der Waals surface area (Å²) in [6, 6.07) is 85.0. The third-order valence-corrected chi connectivity index (χ3v) is 15.0. The van der Waals surface area contributed by atoms with Crippen molar-refractivity contribution in [1.82, 2.24) is 4.57 Å². The van der Waals surface area contributed by atoms with E-state index in [4.69, 9.17) is 4.42 Å². The number of hydrogen-bond donors (Lipinski definition) is 0. The molecule has 2 aliphatic carbocycles. The Morgan fingerprint density at radius 3 is 1.75 bits per heavy atom. The van der Waals surface area contributed by atoms with Crippen LogP contribution in [0.15, 0.2) is 235 Å². The summed E-state index contributed by atoms with van der Waals surface area (Å²) in [5.74, 6) is 0. The molecule has 10 aromatic carbocycles. The Morgan fingerprint density at radius 2 is 0.985 bits per heavy atom. The molecule has 0 radical (unpaired) electrons. The summed E-state index contributed by atoms with van der Waals surface area (Å²) >= 11 is 0. The van der Waals surface area contributed by atoms with E-state index in [2.05, 4.69) is 254 Å². The third-order valence-electron chi connectivity index (χ3n) is 15.0. The number of rotatable bonds is 6. The highest BCUT2D eigenvalue weighted by atomic mass is 16.3. The number of aromatic nitrogens is 1. The first kappa shape index (κ1) is 37.9. The normalized spacial score (nSPS) is 14.1. The lowest BCUT2D eigenvalue weighted by Crippen LogP contribution is -2.28. The highest BCUT2D eigenvalue weighted by molar-refractivity contribution is 6.20. The van der Waals surface area contributed by atoms with Gasteiger partial charge in [0.1, 0.15) is 11.2 Å². The van der Waals surface area contributed by atoms with Crippen LogP contribution in [-0.4, -0.2) is 4.57 Å². The maximum Gasteiger partial charge on any atom is 0.145 e. The van der Waals surface area contributed by atoms with Crippen molar-refractivity contribution >= 4 is 60.8 Å². The highest BCUT2D eigenvalue weighted by Gasteiger charge is 2.48. The monoisotopic (exact) mass is 856 g/mol. The van der Waals surface area contributed by atoms with Gasteiger partial charge in [0.2, 0.25) is 0 Å². The Kier molecular flexibility index (Phi) is 7.95. The van der Waals surface area contributed by atoms with E-state index in [0.717, 1.165) is 55.8 Å². The Labute approximate surface area is 389 Å². The predicted octanol–water partition coefficient (Wildman–Crippen LogP) is 16.8. The van der Waals surface area contributed by atoms with Gasteiger partial charge in [-0.1, -0.05) is 190 Å². The first-order chi connectivity index (χ1) is 33.0. The second-order valence-electron chi connectivity index (χ2n) is 18.8. The van der Waals surface area contributed by atoms with Crippen molar-refractivity contribution in [2.45, 2.75) is 24.7 Å². The number of hydrogen-bond acceptors (Lipinski definition) is 2. The molecule has 3 nitrogen and oxygen atoms in total. The molecule has 2 heterocycles. The molecule has 12 aromatic rings. The van der Waals surface area contributed by atoms with Crippen LogP contribution < -0.4 is 4.90 Å². The molecule has 0 fully saturated rings. The zero-order valence-electron chi connectivity index (χ0n) is 37.2. The Balaban J connectivity index is 1.14. The van der Waals surface area contributed by atoms with Gasteiger partial charge < -0.3 is 13.9 Å². The highest BCUT2D eigenvalue weighted by Crippen LogP contribution is 2.61. The molecule has 2 aromatic heterocycles. The predicted molar refractivity (Wildman–Crippen MR) is 278 cm³/mol. The molecule has 67 heavy (non-hydrogen) atoms. The zero-order chi connectivity index (χ0) is 44.4. The van der Waals surface area contributed by atoms with Crippen LogP contribution in [-0.2, 0) is 10.8 Å². The molecular weight excluding hydrogens is 813 g/mol. The van der Waals surface area contributed by atoms with Gasteiger partial charge in [0, 0.05) is 44.2 Å². The van der Waals surface area contributed by atoms with E-state index in [-0.39, 0.29) is 5.41 Å². The molecule has 2 aliphatic rings. The first-order valence-corrected chi connectivity index (χ1v) is 23.3. The number of nitrogens with zero attached hydrogens (tertiary/aromatic N) is 2. The second kappa shape index (κ2) is 14.1. The molecule has 0 unspecified atom stereocenters. The molecule has 0 bridgehead atoms. The Bertz CT molecular complexity index is 3910. The average molecular weight is 857 g/mol. The smallest absolute Gasteiger partial charge is 0.145 e. The Hall–Kier alpha value is -8.40. The van der Waals surface area contributed by atoms with Crippen LogP contribution in [0, 0.1) is 0 Å². The SMILES string of the molecule is CC1(C)c2ccccc2-c2ccc(N(c3ccc4c5ccccc5n(-c5ccccc5)c4c3)c3cc4c(c5oc6ccccc6c35)-c3ccccc3C4(c3ccccc3)c3ccccc3)cc21. The van der Waals surface area contributed by atoms with E-state index in [9.17, 15) is 0 Å². The van der Waals surface area contributed by atoms with E-state index in [1.165, 1.54) is 66.4 Å². The van der Waals surface area contributed by atoms with Crippen LogP contribution in [0.3, 0.4) is 0 Å². The molecule has 316 valence electrons. The summed E-state index contributed by atoms with van der Waals surface area (Å²) in [5, 5.41) is 4.62. The topological polar surface area (TPSA) is 21.3 Å². The zero-order valence-corrected chi connectivity index (χ0v) is 37.2. The second-order valence-corrected chi connectivity index (χ2v) is 18.8. The lowest BCUT2D eigenvalue weighted by Gasteiger charge is -2.35. The van der Waals surface area contributed by atoms with Crippen molar-refractivity contribution in [1.29, 1.82) is 0 Å². The van der Waals surface area contributed by atoms with Crippen LogP contribution in [0.1, 0.15) is 47.2 Å². The van der Waals surface area contributed by atoms with Crippen LogP contribution in [0.25, 0.3) is 71.7 Å². The molecule has 0 N–H and O–H groups in total. The standard InChI is InChI=1S/C64H44N2O/c1-63(2)52-30-16-12-26-46(52)47-36-34-44(38-54(47)63)65(45-35-37-49-48-27-14-18-32-56(48)66(57(49)39-45)43-24-10-5-11-25-43)58-40-55-60(62-61(58)51-29-15-19-33-59(51)67-62)50-28-13-17-31-53(50)64(55,41-20-6-3-7-21-41)42-22-8-4-9-23-42/h3-40H,1-2H3. The Morgan fingerprint density at radius 1 is 0.418 bits per heavy atom. The van der Waals surface area contributed by atoms with Gasteiger partial charge in [-0.05, 0) is 105 Å². The molecule has 0 amide bonds. The number of benzene rings is 10. The molecule has 0 atom stereocenters. The van der Waals surface area contributed by atoms with E-state index in [0.29, 0.717) is 0 Å². The van der Waals surface area contributed by atoms with E-state index < -0.39 is 5.41 Å². The van der Waals surface area contributed by atoms with Crippen molar-refractivity contribution < 1.29 is 4.42 Å². The number of fused-ring (bicyclic) bond motifs is 13. The van der Waals surface area contributed by atoms with E-state index >= 15 is 0 Å². The van der Waals surface area contributed by atoms with Crippen molar-refractivity contribution in [2.24, 2.45) is 0 Å². The van der Waals surface area contributed by atoms with E-state index in [1.807, 2.05) is 0 Å². The molecular formula is C64H44N2O. The van der Waals surface area contributed by atoms with Gasteiger partial charge >= 0.3 is 0 Å². The van der Waals surface area contributed by atoms with Gasteiger partial charge in [-0.2, -0.15) is 0 Å². The summed E-state index contributed by atoms with van der Waals surface area (Å²) in [6.45, 7) is 4.75. The molecule has 14 rings (SSSR count). The van der Waals surface area contributed by atoms with Gasteiger partial charge in [-0.15, -0.1) is 0 Å². The third kappa shape index (κ3) is 5.17. The van der Waals surface area contributed by atoms with Crippen LogP contribution >= 0.6 is 0 Å². The molecule has 0 saturated heterocycles. The summed E-state index contributed by atoms with van der Waals surface area (Å²) < 4.78 is 9.71. The van der Waals surface area contributed by atoms with Gasteiger partial charge in [0.15, 0.2) is 0 Å². The lowest BCUT2D eigenvalue weighted by atomic mass is 9.67. The number of furan rings is 1. The van der Waals surface area contributed by atoms with Crippen molar-refractivity contribution in [2.75, 3.05) is 4.90 Å². The molecule has 0 spiro atoms. The fourth-order valence-electron chi connectivity index (χ4n) is 12.2.